The molecule has 1 aromatic heterocycles. The number of aromatic amines is 1. The van der Waals surface area contributed by atoms with Crippen molar-refractivity contribution in [3.05, 3.63) is 70.9 Å². The van der Waals surface area contributed by atoms with Crippen LogP contribution in [0.15, 0.2) is 54.1 Å². The number of hydrogen-bond donors (Lipinski definition) is 1. The zero-order valence-corrected chi connectivity index (χ0v) is 12.9. The third kappa shape index (κ3) is 2.25. The normalized spacial score (nSPS) is 15.9. The highest BCUT2D eigenvalue weighted by atomic mass is 16.5. The lowest BCUT2D eigenvalue weighted by atomic mass is 9.89. The number of Topliss-reactive ketones (excluding diaryl/α,β-unsaturated/α-hetero) is 1. The number of aryl methyl sites for hydroxylation is 1. The Morgan fingerprint density at radius 1 is 1.04 bits per heavy atom. The molecule has 0 unspecified atom stereocenters. The van der Waals surface area contributed by atoms with E-state index < -0.39 is 0 Å². The summed E-state index contributed by atoms with van der Waals surface area (Å²) in [6, 6.07) is 15.9. The zero-order valence-electron chi connectivity index (χ0n) is 12.9. The van der Waals surface area contributed by atoms with Crippen molar-refractivity contribution in [2.24, 2.45) is 0 Å². The van der Waals surface area contributed by atoms with Crippen molar-refractivity contribution in [3.63, 3.8) is 0 Å². The second kappa shape index (κ2) is 5.43. The van der Waals surface area contributed by atoms with Crippen molar-refractivity contribution in [1.82, 2.24) is 4.98 Å². The molecule has 1 aliphatic carbocycles. The first-order valence-electron chi connectivity index (χ1n) is 7.76. The summed E-state index contributed by atoms with van der Waals surface area (Å²) in [5.41, 5.74) is 4.68. The van der Waals surface area contributed by atoms with Gasteiger partial charge in [-0.05, 0) is 36.6 Å². The highest BCUT2D eigenvalue weighted by Crippen LogP contribution is 2.33. The molecule has 1 heterocycles. The van der Waals surface area contributed by atoms with E-state index in [1.807, 2.05) is 48.5 Å². The summed E-state index contributed by atoms with van der Waals surface area (Å²) < 4.78 is 5.38. The van der Waals surface area contributed by atoms with E-state index in [9.17, 15) is 4.79 Å². The molecule has 1 N–H and O–H groups in total. The van der Waals surface area contributed by atoms with Crippen LogP contribution in [0, 0.1) is 0 Å². The molecule has 3 nitrogen and oxygen atoms in total. The third-order valence-corrected chi connectivity index (χ3v) is 4.45. The Morgan fingerprint density at radius 3 is 2.70 bits per heavy atom. The molecule has 0 bridgehead atoms. The minimum Gasteiger partial charge on any atom is -0.496 e. The van der Waals surface area contributed by atoms with Crippen LogP contribution in [0.2, 0.25) is 0 Å². The molecule has 0 atom stereocenters. The van der Waals surface area contributed by atoms with Crippen molar-refractivity contribution >= 4 is 22.8 Å². The van der Waals surface area contributed by atoms with E-state index in [2.05, 4.69) is 11.1 Å². The van der Waals surface area contributed by atoms with Crippen molar-refractivity contribution in [2.45, 2.75) is 12.8 Å². The van der Waals surface area contributed by atoms with Gasteiger partial charge in [0, 0.05) is 22.0 Å². The smallest absolute Gasteiger partial charge is 0.205 e. The maximum Gasteiger partial charge on any atom is 0.205 e. The minimum absolute atomic E-state index is 0.0911. The molecule has 2 aromatic carbocycles. The van der Waals surface area contributed by atoms with Crippen LogP contribution in [0.1, 0.15) is 28.0 Å². The average molecular weight is 303 g/mol. The standard InChI is InChI=1S/C20H17NO2/c1-23-18-9-5-2-6-13(18)12-14-10-11-16-15-7-3-4-8-17(15)21-19(16)20(14)22/h2-9,12,21H,10-11H2,1H3. The van der Waals surface area contributed by atoms with Gasteiger partial charge in [-0.1, -0.05) is 36.4 Å². The molecule has 114 valence electrons. The lowest BCUT2D eigenvalue weighted by Crippen LogP contribution is -2.13. The van der Waals surface area contributed by atoms with E-state index in [1.165, 1.54) is 0 Å². The molecular formula is C20H17NO2. The summed E-state index contributed by atoms with van der Waals surface area (Å²) in [5.74, 6) is 0.878. The summed E-state index contributed by atoms with van der Waals surface area (Å²) in [5, 5.41) is 1.16. The van der Waals surface area contributed by atoms with Crippen LogP contribution in [-0.2, 0) is 6.42 Å². The number of rotatable bonds is 2. The summed E-state index contributed by atoms with van der Waals surface area (Å²) in [6.45, 7) is 0. The van der Waals surface area contributed by atoms with Gasteiger partial charge in [-0.2, -0.15) is 0 Å². The van der Waals surface area contributed by atoms with E-state index in [1.54, 1.807) is 7.11 Å². The summed E-state index contributed by atoms with van der Waals surface area (Å²) >= 11 is 0. The first kappa shape index (κ1) is 13.8. The summed E-state index contributed by atoms with van der Waals surface area (Å²) in [7, 11) is 1.65. The van der Waals surface area contributed by atoms with E-state index in [-0.39, 0.29) is 5.78 Å². The van der Waals surface area contributed by atoms with Crippen LogP contribution in [0.4, 0.5) is 0 Å². The molecule has 1 aliphatic rings. The number of carbonyl (C=O) groups excluding carboxylic acids is 1. The van der Waals surface area contributed by atoms with Gasteiger partial charge in [0.2, 0.25) is 5.78 Å². The van der Waals surface area contributed by atoms with Crippen molar-refractivity contribution < 1.29 is 9.53 Å². The molecule has 0 aliphatic heterocycles. The van der Waals surface area contributed by atoms with E-state index >= 15 is 0 Å². The highest BCUT2D eigenvalue weighted by molar-refractivity contribution is 6.15. The number of para-hydroxylation sites is 2. The van der Waals surface area contributed by atoms with Crippen LogP contribution in [0.25, 0.3) is 17.0 Å². The molecule has 23 heavy (non-hydrogen) atoms. The molecule has 0 fully saturated rings. The Hall–Kier alpha value is -2.81. The van der Waals surface area contributed by atoms with Crippen molar-refractivity contribution in [1.29, 1.82) is 0 Å². The van der Waals surface area contributed by atoms with Gasteiger partial charge >= 0.3 is 0 Å². The Labute approximate surface area is 134 Å². The number of fused-ring (bicyclic) bond motifs is 3. The first-order valence-corrected chi connectivity index (χ1v) is 7.76. The maximum atomic E-state index is 12.9. The number of H-pyrrole nitrogens is 1. The fraction of sp³-hybridized carbons (Fsp3) is 0.150. The van der Waals surface area contributed by atoms with Gasteiger partial charge in [0.05, 0.1) is 12.8 Å². The second-order valence-corrected chi connectivity index (χ2v) is 5.76. The molecular weight excluding hydrogens is 286 g/mol. The van der Waals surface area contributed by atoms with Crippen LogP contribution < -0.4 is 4.74 Å². The highest BCUT2D eigenvalue weighted by Gasteiger charge is 2.25. The van der Waals surface area contributed by atoms with Gasteiger partial charge in [0.1, 0.15) is 5.75 Å². The topological polar surface area (TPSA) is 42.1 Å². The van der Waals surface area contributed by atoms with E-state index in [0.29, 0.717) is 0 Å². The number of carbonyl (C=O) groups is 1. The summed E-state index contributed by atoms with van der Waals surface area (Å²) in [6.07, 6.45) is 3.59. The Bertz CT molecular complexity index is 934. The number of nitrogens with one attached hydrogen (secondary N) is 1. The van der Waals surface area contributed by atoms with Gasteiger partial charge in [0.25, 0.3) is 0 Å². The van der Waals surface area contributed by atoms with E-state index in [0.717, 1.165) is 51.9 Å². The van der Waals surface area contributed by atoms with Gasteiger partial charge in [-0.3, -0.25) is 4.79 Å². The Balaban J connectivity index is 1.79. The van der Waals surface area contributed by atoms with Gasteiger partial charge in [-0.25, -0.2) is 0 Å². The van der Waals surface area contributed by atoms with Crippen LogP contribution in [0.3, 0.4) is 0 Å². The monoisotopic (exact) mass is 303 g/mol. The molecule has 3 heteroatoms. The number of benzene rings is 2. The van der Waals surface area contributed by atoms with Crippen molar-refractivity contribution in [2.75, 3.05) is 7.11 Å². The number of hydrogen-bond acceptors (Lipinski definition) is 2. The Morgan fingerprint density at radius 2 is 1.83 bits per heavy atom. The molecule has 0 spiro atoms. The minimum atomic E-state index is 0.0911. The predicted octanol–water partition coefficient (Wildman–Crippen LogP) is 4.39. The van der Waals surface area contributed by atoms with Crippen LogP contribution in [-0.4, -0.2) is 17.9 Å². The molecule has 0 amide bonds. The lowest BCUT2D eigenvalue weighted by molar-refractivity contribution is 0.102. The third-order valence-electron chi connectivity index (χ3n) is 4.45. The second-order valence-electron chi connectivity index (χ2n) is 5.76. The van der Waals surface area contributed by atoms with Gasteiger partial charge in [0.15, 0.2) is 0 Å². The number of methoxy groups -OCH3 is 1. The fourth-order valence-corrected chi connectivity index (χ4v) is 3.30. The lowest BCUT2D eigenvalue weighted by Gasteiger charge is -2.15. The number of allylic oxidation sites excluding steroid dienone is 1. The molecule has 0 saturated heterocycles. The molecule has 0 radical (unpaired) electrons. The molecule has 4 rings (SSSR count). The first-order chi connectivity index (χ1) is 11.3. The number of aromatic nitrogens is 1. The molecule has 0 saturated carbocycles. The average Bonchev–Trinajstić information content (AvgIpc) is 2.97. The number of ketones is 1. The number of ether oxygens (including phenoxy) is 1. The van der Waals surface area contributed by atoms with Gasteiger partial charge in [-0.15, -0.1) is 0 Å². The zero-order chi connectivity index (χ0) is 15.8. The van der Waals surface area contributed by atoms with E-state index in [4.69, 9.17) is 4.74 Å². The quantitative estimate of drug-likeness (QED) is 0.713. The van der Waals surface area contributed by atoms with Crippen LogP contribution >= 0.6 is 0 Å². The van der Waals surface area contributed by atoms with Gasteiger partial charge < -0.3 is 9.72 Å². The van der Waals surface area contributed by atoms with Crippen molar-refractivity contribution in [3.8, 4) is 5.75 Å². The maximum absolute atomic E-state index is 12.9. The predicted molar refractivity (Wildman–Crippen MR) is 91.9 cm³/mol. The SMILES string of the molecule is COc1ccccc1C=C1CCc2c([nH]c3ccccc23)C1=O. The largest absolute Gasteiger partial charge is 0.496 e. The fourth-order valence-electron chi connectivity index (χ4n) is 3.30. The Kier molecular flexibility index (Phi) is 3.27. The molecule has 3 aromatic rings. The van der Waals surface area contributed by atoms with Crippen LogP contribution in [0.5, 0.6) is 5.75 Å². The summed E-state index contributed by atoms with van der Waals surface area (Å²) in [4.78, 5) is 16.1.